The van der Waals surface area contributed by atoms with E-state index in [9.17, 15) is 10.1 Å². The minimum absolute atomic E-state index is 0.0468. The van der Waals surface area contributed by atoms with Crippen LogP contribution in [0.25, 0.3) is 11.3 Å². The van der Waals surface area contributed by atoms with Crippen molar-refractivity contribution in [1.29, 1.82) is 0 Å². The Morgan fingerprint density at radius 1 is 1.11 bits per heavy atom. The molecular formula is C20H19N3O5. The van der Waals surface area contributed by atoms with Gasteiger partial charge in [-0.25, -0.2) is 0 Å². The van der Waals surface area contributed by atoms with E-state index in [1.807, 2.05) is 24.3 Å². The number of benzene rings is 2. The monoisotopic (exact) mass is 381 g/mol. The van der Waals surface area contributed by atoms with Crippen LogP contribution in [0.3, 0.4) is 0 Å². The SMILES string of the molecule is COc1ccccc1CN/N=C/c1ccc(-c2ccc([N+](=O)[O-])cc2OC)o1. The summed E-state index contributed by atoms with van der Waals surface area (Å²) in [7, 11) is 3.08. The van der Waals surface area contributed by atoms with Crippen molar-refractivity contribution in [3.8, 4) is 22.8 Å². The van der Waals surface area contributed by atoms with Crippen LogP contribution in [0.4, 0.5) is 5.69 Å². The van der Waals surface area contributed by atoms with Crippen LogP contribution < -0.4 is 14.9 Å². The van der Waals surface area contributed by atoms with Crippen LogP contribution in [0.5, 0.6) is 11.5 Å². The van der Waals surface area contributed by atoms with Crippen LogP contribution in [-0.2, 0) is 6.54 Å². The highest BCUT2D eigenvalue weighted by atomic mass is 16.6. The Kier molecular flexibility index (Phi) is 5.91. The Hall–Kier alpha value is -3.81. The summed E-state index contributed by atoms with van der Waals surface area (Å²) >= 11 is 0. The number of para-hydroxylation sites is 1. The molecule has 8 nitrogen and oxygen atoms in total. The lowest BCUT2D eigenvalue weighted by atomic mass is 10.1. The van der Waals surface area contributed by atoms with Crippen molar-refractivity contribution in [2.75, 3.05) is 14.2 Å². The molecule has 28 heavy (non-hydrogen) atoms. The Morgan fingerprint density at radius 2 is 1.89 bits per heavy atom. The Labute approximate surface area is 161 Å². The van der Waals surface area contributed by atoms with E-state index >= 15 is 0 Å². The Bertz CT molecular complexity index is 997. The lowest BCUT2D eigenvalue weighted by molar-refractivity contribution is -0.384. The number of nitro groups is 1. The van der Waals surface area contributed by atoms with Gasteiger partial charge >= 0.3 is 0 Å². The fourth-order valence-electron chi connectivity index (χ4n) is 2.65. The predicted molar refractivity (Wildman–Crippen MR) is 105 cm³/mol. The molecule has 0 atom stereocenters. The number of hydrogen-bond acceptors (Lipinski definition) is 7. The van der Waals surface area contributed by atoms with E-state index in [0.29, 0.717) is 29.4 Å². The molecule has 0 amide bonds. The fraction of sp³-hybridized carbons (Fsp3) is 0.150. The summed E-state index contributed by atoms with van der Waals surface area (Å²) in [4.78, 5) is 10.4. The van der Waals surface area contributed by atoms with Gasteiger partial charge in [-0.1, -0.05) is 18.2 Å². The second-order valence-corrected chi connectivity index (χ2v) is 5.75. The van der Waals surface area contributed by atoms with E-state index in [0.717, 1.165) is 11.3 Å². The van der Waals surface area contributed by atoms with Crippen molar-refractivity contribution in [2.24, 2.45) is 5.10 Å². The van der Waals surface area contributed by atoms with Crippen LogP contribution >= 0.6 is 0 Å². The van der Waals surface area contributed by atoms with Gasteiger partial charge in [-0.15, -0.1) is 0 Å². The molecular weight excluding hydrogens is 362 g/mol. The Morgan fingerprint density at radius 3 is 2.64 bits per heavy atom. The lowest BCUT2D eigenvalue weighted by Gasteiger charge is -2.07. The van der Waals surface area contributed by atoms with Gasteiger partial charge in [0, 0.05) is 11.6 Å². The molecule has 3 aromatic rings. The maximum Gasteiger partial charge on any atom is 0.273 e. The number of nitrogens with zero attached hydrogens (tertiary/aromatic N) is 2. The third-order valence-electron chi connectivity index (χ3n) is 4.03. The number of ether oxygens (including phenoxy) is 2. The highest BCUT2D eigenvalue weighted by molar-refractivity contribution is 5.78. The summed E-state index contributed by atoms with van der Waals surface area (Å²) < 4.78 is 16.3. The molecule has 1 N–H and O–H groups in total. The second kappa shape index (κ2) is 8.72. The summed E-state index contributed by atoms with van der Waals surface area (Å²) in [6.45, 7) is 0.504. The van der Waals surface area contributed by atoms with Crippen molar-refractivity contribution >= 4 is 11.9 Å². The number of non-ortho nitro benzene ring substituents is 1. The van der Waals surface area contributed by atoms with Crippen LogP contribution in [0.1, 0.15) is 11.3 Å². The molecule has 0 unspecified atom stereocenters. The summed E-state index contributed by atoms with van der Waals surface area (Å²) in [6, 6.07) is 15.5. The standard InChI is InChI=1S/C20H19N3O5/c1-26-18-6-4-3-5-14(18)12-21-22-13-16-8-10-19(28-16)17-9-7-15(23(24)25)11-20(17)27-2/h3-11,13,21H,12H2,1-2H3/b22-13+. The quantitative estimate of drug-likeness (QED) is 0.360. The molecule has 8 heteroatoms. The van der Waals surface area contributed by atoms with Gasteiger partial charge in [0.2, 0.25) is 0 Å². The van der Waals surface area contributed by atoms with Crippen molar-refractivity contribution in [1.82, 2.24) is 5.43 Å². The van der Waals surface area contributed by atoms with Crippen molar-refractivity contribution < 1.29 is 18.8 Å². The maximum atomic E-state index is 10.9. The molecule has 0 radical (unpaired) electrons. The number of rotatable bonds is 8. The molecule has 1 aromatic heterocycles. The van der Waals surface area contributed by atoms with E-state index in [-0.39, 0.29) is 5.69 Å². The minimum atomic E-state index is -0.472. The summed E-state index contributed by atoms with van der Waals surface area (Å²) in [6.07, 6.45) is 1.55. The number of nitrogens with one attached hydrogen (secondary N) is 1. The van der Waals surface area contributed by atoms with Gasteiger partial charge < -0.3 is 19.3 Å². The molecule has 0 fully saturated rings. The maximum absolute atomic E-state index is 10.9. The van der Waals surface area contributed by atoms with Gasteiger partial charge in [0.15, 0.2) is 0 Å². The summed E-state index contributed by atoms with van der Waals surface area (Å²) in [5.74, 6) is 2.21. The van der Waals surface area contributed by atoms with Crippen molar-refractivity contribution in [3.05, 3.63) is 76.0 Å². The van der Waals surface area contributed by atoms with E-state index in [1.54, 1.807) is 31.5 Å². The third-order valence-corrected chi connectivity index (χ3v) is 4.03. The first-order valence-corrected chi connectivity index (χ1v) is 8.43. The molecule has 3 rings (SSSR count). The largest absolute Gasteiger partial charge is 0.496 e. The molecule has 2 aromatic carbocycles. The number of hydrazone groups is 1. The second-order valence-electron chi connectivity index (χ2n) is 5.75. The molecule has 0 saturated heterocycles. The first-order valence-electron chi connectivity index (χ1n) is 8.43. The van der Waals surface area contributed by atoms with E-state index in [4.69, 9.17) is 13.9 Å². The van der Waals surface area contributed by atoms with Crippen LogP contribution in [0, 0.1) is 10.1 Å². The Balaban J connectivity index is 1.69. The molecule has 0 bridgehead atoms. The summed E-state index contributed by atoms with van der Waals surface area (Å²) in [5, 5.41) is 15.1. The van der Waals surface area contributed by atoms with Crippen LogP contribution in [0.15, 0.2) is 64.1 Å². The van der Waals surface area contributed by atoms with Crippen molar-refractivity contribution in [3.63, 3.8) is 0 Å². The van der Waals surface area contributed by atoms with E-state index in [2.05, 4.69) is 10.5 Å². The van der Waals surface area contributed by atoms with Gasteiger partial charge in [0.25, 0.3) is 5.69 Å². The fourth-order valence-corrected chi connectivity index (χ4v) is 2.65. The molecule has 144 valence electrons. The molecule has 0 spiro atoms. The minimum Gasteiger partial charge on any atom is -0.496 e. The number of nitro benzene ring substituents is 1. The van der Waals surface area contributed by atoms with Gasteiger partial charge in [-0.05, 0) is 24.3 Å². The molecule has 0 saturated carbocycles. The molecule has 0 aliphatic rings. The molecule has 0 aliphatic heterocycles. The van der Waals surface area contributed by atoms with Gasteiger partial charge in [0.05, 0.1) is 43.5 Å². The first kappa shape index (κ1) is 19.0. The highest BCUT2D eigenvalue weighted by Gasteiger charge is 2.15. The van der Waals surface area contributed by atoms with E-state index in [1.165, 1.54) is 19.2 Å². The zero-order chi connectivity index (χ0) is 19.9. The smallest absolute Gasteiger partial charge is 0.273 e. The summed E-state index contributed by atoms with van der Waals surface area (Å²) in [5.41, 5.74) is 4.50. The lowest BCUT2D eigenvalue weighted by Crippen LogP contribution is -2.06. The predicted octanol–water partition coefficient (Wildman–Crippen LogP) is 4.00. The zero-order valence-corrected chi connectivity index (χ0v) is 15.4. The molecule has 1 heterocycles. The zero-order valence-electron chi connectivity index (χ0n) is 15.4. The number of hydrogen-bond donors (Lipinski definition) is 1. The van der Waals surface area contributed by atoms with Gasteiger partial charge in [0.1, 0.15) is 23.0 Å². The first-order chi connectivity index (χ1) is 13.6. The molecule has 0 aliphatic carbocycles. The van der Waals surface area contributed by atoms with Gasteiger partial charge in [-0.3, -0.25) is 10.1 Å². The van der Waals surface area contributed by atoms with Crippen LogP contribution in [-0.4, -0.2) is 25.4 Å². The van der Waals surface area contributed by atoms with Gasteiger partial charge in [-0.2, -0.15) is 5.10 Å². The van der Waals surface area contributed by atoms with Crippen LogP contribution in [0.2, 0.25) is 0 Å². The average molecular weight is 381 g/mol. The normalized spacial score (nSPS) is 10.8. The third kappa shape index (κ3) is 4.29. The van der Waals surface area contributed by atoms with Crippen molar-refractivity contribution in [2.45, 2.75) is 6.54 Å². The van der Waals surface area contributed by atoms with E-state index < -0.39 is 4.92 Å². The highest BCUT2D eigenvalue weighted by Crippen LogP contribution is 2.34. The number of methoxy groups -OCH3 is 2. The number of furan rings is 1. The average Bonchev–Trinajstić information content (AvgIpc) is 3.19. The topological polar surface area (TPSA) is 99.1 Å².